The molecule has 0 radical (unpaired) electrons. The molecule has 1 aliphatic rings. The van der Waals surface area contributed by atoms with E-state index in [2.05, 4.69) is 10.4 Å². The average molecular weight is 347 g/mol. The van der Waals surface area contributed by atoms with E-state index < -0.39 is 9.84 Å². The van der Waals surface area contributed by atoms with Crippen LogP contribution in [-0.2, 0) is 26.1 Å². The van der Waals surface area contributed by atoms with E-state index in [0.717, 1.165) is 23.2 Å². The van der Waals surface area contributed by atoms with Crippen molar-refractivity contribution in [3.05, 3.63) is 40.6 Å². The van der Waals surface area contributed by atoms with Crippen molar-refractivity contribution in [2.24, 2.45) is 0 Å². The second-order valence-corrected chi connectivity index (χ2v) is 8.35. The molecule has 0 saturated heterocycles. The molecule has 1 amide bonds. The maximum absolute atomic E-state index is 12.1. The molecule has 1 N–H and O–H groups in total. The summed E-state index contributed by atoms with van der Waals surface area (Å²) < 4.78 is 25.4. The van der Waals surface area contributed by atoms with Crippen LogP contribution in [0.15, 0.2) is 18.2 Å². The number of anilines is 1. The molecule has 6 nitrogen and oxygen atoms in total. The third-order valence-corrected chi connectivity index (χ3v) is 5.70. The zero-order valence-corrected chi connectivity index (χ0v) is 14.9. The molecular weight excluding hydrogens is 326 g/mol. The molecule has 1 aromatic heterocycles. The number of aryl methyl sites for hydroxylation is 2. The van der Waals surface area contributed by atoms with Gasteiger partial charge in [0.15, 0.2) is 9.84 Å². The van der Waals surface area contributed by atoms with Crippen molar-refractivity contribution in [1.82, 2.24) is 9.78 Å². The second-order valence-electron chi connectivity index (χ2n) is 6.28. The number of nitrogens with zero attached hydrogens (tertiary/aromatic N) is 2. The molecule has 7 heteroatoms. The van der Waals surface area contributed by atoms with Crippen LogP contribution in [0.2, 0.25) is 0 Å². The van der Waals surface area contributed by atoms with Crippen molar-refractivity contribution in [2.45, 2.75) is 45.1 Å². The highest BCUT2D eigenvalue weighted by Gasteiger charge is 2.33. The van der Waals surface area contributed by atoms with Crippen LogP contribution < -0.4 is 5.32 Å². The van der Waals surface area contributed by atoms with Gasteiger partial charge in [-0.2, -0.15) is 5.10 Å². The number of rotatable bonds is 4. The minimum atomic E-state index is -3.17. The number of amides is 1. The minimum absolute atomic E-state index is 0.0726. The Morgan fingerprint density at radius 3 is 2.67 bits per heavy atom. The van der Waals surface area contributed by atoms with Crippen LogP contribution in [0.25, 0.3) is 5.69 Å². The van der Waals surface area contributed by atoms with Gasteiger partial charge in [-0.1, -0.05) is 13.0 Å². The third-order valence-electron chi connectivity index (χ3n) is 4.26. The van der Waals surface area contributed by atoms with Crippen LogP contribution in [0.1, 0.15) is 42.1 Å². The molecule has 24 heavy (non-hydrogen) atoms. The number of sulfone groups is 1. The van der Waals surface area contributed by atoms with E-state index in [4.69, 9.17) is 0 Å². The summed E-state index contributed by atoms with van der Waals surface area (Å²) in [7, 11) is -3.17. The largest absolute Gasteiger partial charge is 0.310 e. The summed E-state index contributed by atoms with van der Waals surface area (Å²) in [5.74, 6) is 0.202. The average Bonchev–Trinajstić information content (AvgIpc) is 2.95. The van der Waals surface area contributed by atoms with Crippen LogP contribution in [0.4, 0.5) is 5.82 Å². The van der Waals surface area contributed by atoms with E-state index in [-0.39, 0.29) is 17.4 Å². The third kappa shape index (κ3) is 3.08. The van der Waals surface area contributed by atoms with E-state index in [1.165, 1.54) is 0 Å². The number of carbonyl (C=O) groups is 1. The Morgan fingerprint density at radius 2 is 2.00 bits per heavy atom. The van der Waals surface area contributed by atoms with Crippen LogP contribution in [-0.4, -0.2) is 24.1 Å². The maximum atomic E-state index is 12.1. The smallest absolute Gasteiger partial charge is 0.225 e. The first-order chi connectivity index (χ1) is 11.3. The Morgan fingerprint density at radius 1 is 1.25 bits per heavy atom. The van der Waals surface area contributed by atoms with Gasteiger partial charge in [0.2, 0.25) is 5.91 Å². The first-order valence-corrected chi connectivity index (χ1v) is 9.81. The van der Waals surface area contributed by atoms with Crippen molar-refractivity contribution in [1.29, 1.82) is 0 Å². The molecule has 2 aromatic rings. The summed E-state index contributed by atoms with van der Waals surface area (Å²) in [5, 5.41) is 7.32. The molecule has 0 atom stereocenters. The van der Waals surface area contributed by atoms with E-state index in [1.807, 2.05) is 39.0 Å². The first kappa shape index (κ1) is 16.7. The predicted molar refractivity (Wildman–Crippen MR) is 92.9 cm³/mol. The molecule has 0 spiro atoms. The normalized spacial score (nSPS) is 15.3. The van der Waals surface area contributed by atoms with Crippen molar-refractivity contribution in [2.75, 3.05) is 5.32 Å². The Bertz CT molecular complexity index is 913. The van der Waals surface area contributed by atoms with Crippen molar-refractivity contribution in [3.63, 3.8) is 0 Å². The van der Waals surface area contributed by atoms with Crippen LogP contribution in [0.3, 0.4) is 0 Å². The van der Waals surface area contributed by atoms with E-state index in [1.54, 1.807) is 4.68 Å². The number of nitrogens with one attached hydrogen (secondary N) is 1. The molecule has 3 rings (SSSR count). The maximum Gasteiger partial charge on any atom is 0.225 e. The van der Waals surface area contributed by atoms with Crippen LogP contribution in [0, 0.1) is 13.8 Å². The van der Waals surface area contributed by atoms with Gasteiger partial charge in [0, 0.05) is 12.0 Å². The minimum Gasteiger partial charge on any atom is -0.310 e. The molecule has 0 aliphatic carbocycles. The van der Waals surface area contributed by atoms with Gasteiger partial charge >= 0.3 is 0 Å². The highest BCUT2D eigenvalue weighted by molar-refractivity contribution is 7.90. The topological polar surface area (TPSA) is 81.1 Å². The van der Waals surface area contributed by atoms with Crippen molar-refractivity contribution in [3.8, 4) is 5.69 Å². The molecule has 1 aliphatic heterocycles. The fraction of sp³-hybridized carbons (Fsp3) is 0.412. The molecule has 0 unspecified atom stereocenters. The Balaban J connectivity index is 2.09. The quantitative estimate of drug-likeness (QED) is 0.922. The monoisotopic (exact) mass is 347 g/mol. The number of fused-ring (bicyclic) bond motifs is 1. The van der Waals surface area contributed by atoms with Gasteiger partial charge in [0.1, 0.15) is 5.82 Å². The van der Waals surface area contributed by atoms with Gasteiger partial charge in [0.25, 0.3) is 0 Å². The number of hydrogen-bond donors (Lipinski definition) is 1. The highest BCUT2D eigenvalue weighted by atomic mass is 32.2. The second kappa shape index (κ2) is 6.05. The fourth-order valence-corrected chi connectivity index (χ4v) is 4.33. The molecule has 1 aromatic carbocycles. The highest BCUT2D eigenvalue weighted by Crippen LogP contribution is 2.33. The summed E-state index contributed by atoms with van der Waals surface area (Å²) in [6, 6.07) is 5.90. The van der Waals surface area contributed by atoms with E-state index >= 15 is 0 Å². The lowest BCUT2D eigenvalue weighted by Gasteiger charge is -2.12. The Hall–Kier alpha value is -2.15. The Labute approximate surface area is 141 Å². The summed E-state index contributed by atoms with van der Waals surface area (Å²) in [4.78, 5) is 12.1. The number of hydrogen-bond acceptors (Lipinski definition) is 4. The molecule has 0 fully saturated rings. The SMILES string of the molecule is CCCC(=O)Nc1c2c(nn1-c1ccc(C)c(C)c1)CS(=O)(=O)C2. The van der Waals surface area contributed by atoms with Crippen LogP contribution in [0.5, 0.6) is 0 Å². The Kier molecular flexibility index (Phi) is 4.21. The molecule has 2 heterocycles. The number of carbonyl (C=O) groups excluding carboxylic acids is 1. The number of aromatic nitrogens is 2. The number of benzene rings is 1. The lowest BCUT2D eigenvalue weighted by molar-refractivity contribution is -0.116. The zero-order valence-electron chi connectivity index (χ0n) is 14.1. The molecule has 0 bridgehead atoms. The van der Waals surface area contributed by atoms with Gasteiger partial charge < -0.3 is 5.32 Å². The summed E-state index contributed by atoms with van der Waals surface area (Å²) in [6.07, 6.45) is 1.11. The van der Waals surface area contributed by atoms with E-state index in [9.17, 15) is 13.2 Å². The fourth-order valence-electron chi connectivity index (χ4n) is 2.84. The first-order valence-electron chi connectivity index (χ1n) is 7.99. The lowest BCUT2D eigenvalue weighted by atomic mass is 10.1. The van der Waals surface area contributed by atoms with Crippen molar-refractivity contribution < 1.29 is 13.2 Å². The summed E-state index contributed by atoms with van der Waals surface area (Å²) in [5.41, 5.74) is 4.23. The van der Waals surface area contributed by atoms with Gasteiger partial charge in [-0.3, -0.25) is 4.79 Å². The molecular formula is C17H21N3O3S. The van der Waals surface area contributed by atoms with E-state index in [0.29, 0.717) is 23.5 Å². The molecule has 128 valence electrons. The van der Waals surface area contributed by atoms with Gasteiger partial charge in [-0.15, -0.1) is 0 Å². The van der Waals surface area contributed by atoms with Crippen molar-refractivity contribution >= 4 is 21.6 Å². The summed E-state index contributed by atoms with van der Waals surface area (Å²) in [6.45, 7) is 5.96. The summed E-state index contributed by atoms with van der Waals surface area (Å²) >= 11 is 0. The molecule has 0 saturated carbocycles. The predicted octanol–water partition coefficient (Wildman–Crippen LogP) is 2.66. The van der Waals surface area contributed by atoms with Crippen LogP contribution >= 0.6 is 0 Å². The standard InChI is InChI=1S/C17H21N3O3S/c1-4-5-16(21)18-17-14-9-24(22,23)10-15(14)19-20(17)13-7-6-11(2)12(3)8-13/h6-8H,4-5,9-10H2,1-3H3,(H,18,21). The van der Waals surface area contributed by atoms with Gasteiger partial charge in [0.05, 0.1) is 22.9 Å². The lowest BCUT2D eigenvalue weighted by Crippen LogP contribution is -2.16. The van der Waals surface area contributed by atoms with Gasteiger partial charge in [-0.25, -0.2) is 13.1 Å². The zero-order chi connectivity index (χ0) is 17.5. The van der Waals surface area contributed by atoms with Gasteiger partial charge in [-0.05, 0) is 43.5 Å².